The fraction of sp³-hybridized carbons (Fsp3) is 0.182. The second-order valence-corrected chi connectivity index (χ2v) is 2.87. The zero-order valence-electron chi connectivity index (χ0n) is 7.59. The molecule has 1 aromatic carbocycles. The molecule has 0 saturated carbocycles. The van der Waals surface area contributed by atoms with Gasteiger partial charge >= 0.3 is 0 Å². The summed E-state index contributed by atoms with van der Waals surface area (Å²) in [5, 5.41) is 0. The first kappa shape index (κ1) is 10.3. The zero-order chi connectivity index (χ0) is 10.6. The van der Waals surface area contributed by atoms with Crippen LogP contribution in [0.4, 0.5) is 10.1 Å². The van der Waals surface area contributed by atoms with Crippen LogP contribution in [0, 0.1) is 18.2 Å². The Bertz CT molecular complexity index is 393. The second kappa shape index (κ2) is 4.43. The predicted octanol–water partition coefficient (Wildman–Crippen LogP) is 2.00. The fourth-order valence-electron chi connectivity index (χ4n) is 1.08. The number of terminal acetylenes is 1. The van der Waals surface area contributed by atoms with E-state index in [0.29, 0.717) is 12.1 Å². The molecule has 0 aromatic heterocycles. The highest BCUT2D eigenvalue weighted by Crippen LogP contribution is 2.14. The molecule has 0 saturated heterocycles. The predicted molar refractivity (Wildman–Crippen MR) is 53.2 cm³/mol. The van der Waals surface area contributed by atoms with Gasteiger partial charge in [0.1, 0.15) is 5.82 Å². The largest absolute Gasteiger partial charge is 0.399 e. The average molecular weight is 191 g/mol. The van der Waals surface area contributed by atoms with Crippen molar-refractivity contribution in [2.75, 3.05) is 5.73 Å². The van der Waals surface area contributed by atoms with E-state index < -0.39 is 5.82 Å². The van der Waals surface area contributed by atoms with Crippen molar-refractivity contribution in [2.24, 2.45) is 0 Å². The van der Waals surface area contributed by atoms with E-state index in [4.69, 9.17) is 12.2 Å². The van der Waals surface area contributed by atoms with E-state index in [2.05, 4.69) is 5.92 Å². The molecule has 0 aliphatic carbocycles. The SMILES string of the molecule is C#CCCC(=O)c1cc(N)ccc1F. The number of nitrogens with two attached hydrogens (primary N) is 1. The standard InChI is InChI=1S/C11H10FNO/c1-2-3-4-11(14)9-7-8(13)5-6-10(9)12/h1,5-7H,3-4,13H2. The summed E-state index contributed by atoms with van der Waals surface area (Å²) in [6.45, 7) is 0. The van der Waals surface area contributed by atoms with E-state index in [1.165, 1.54) is 18.2 Å². The molecule has 1 aromatic rings. The first-order chi connectivity index (χ1) is 6.65. The third-order valence-electron chi connectivity index (χ3n) is 1.79. The minimum atomic E-state index is -0.554. The minimum absolute atomic E-state index is 0.0141. The van der Waals surface area contributed by atoms with E-state index in [-0.39, 0.29) is 17.8 Å². The van der Waals surface area contributed by atoms with Gasteiger partial charge in [-0.05, 0) is 18.2 Å². The molecule has 0 unspecified atom stereocenters. The van der Waals surface area contributed by atoms with E-state index in [1.54, 1.807) is 0 Å². The van der Waals surface area contributed by atoms with Crippen LogP contribution in [-0.4, -0.2) is 5.78 Å². The quantitative estimate of drug-likeness (QED) is 0.451. The van der Waals surface area contributed by atoms with E-state index in [9.17, 15) is 9.18 Å². The van der Waals surface area contributed by atoms with Crippen molar-refractivity contribution < 1.29 is 9.18 Å². The van der Waals surface area contributed by atoms with Crippen molar-refractivity contribution in [3.05, 3.63) is 29.6 Å². The van der Waals surface area contributed by atoms with Crippen LogP contribution < -0.4 is 5.73 Å². The molecule has 3 heteroatoms. The zero-order valence-corrected chi connectivity index (χ0v) is 7.59. The Balaban J connectivity index is 2.90. The molecule has 72 valence electrons. The van der Waals surface area contributed by atoms with Gasteiger partial charge < -0.3 is 5.73 Å². The Kier molecular flexibility index (Phi) is 3.24. The number of benzene rings is 1. The van der Waals surface area contributed by atoms with Gasteiger partial charge in [0.25, 0.3) is 0 Å². The normalized spacial score (nSPS) is 9.43. The number of hydrogen-bond donors (Lipinski definition) is 1. The number of anilines is 1. The summed E-state index contributed by atoms with van der Waals surface area (Å²) in [5.74, 6) is 1.46. The Morgan fingerprint density at radius 3 is 2.93 bits per heavy atom. The van der Waals surface area contributed by atoms with Crippen LogP contribution in [-0.2, 0) is 0 Å². The summed E-state index contributed by atoms with van der Waals surface area (Å²) < 4.78 is 13.1. The van der Waals surface area contributed by atoms with E-state index >= 15 is 0 Å². The maximum Gasteiger partial charge on any atom is 0.166 e. The summed E-state index contributed by atoms with van der Waals surface area (Å²) in [5.41, 5.74) is 5.82. The monoisotopic (exact) mass is 191 g/mol. The smallest absolute Gasteiger partial charge is 0.166 e. The molecule has 0 aliphatic rings. The van der Waals surface area contributed by atoms with Crippen LogP contribution >= 0.6 is 0 Å². The highest BCUT2D eigenvalue weighted by Gasteiger charge is 2.10. The molecule has 0 amide bonds. The van der Waals surface area contributed by atoms with Crippen LogP contribution in [0.15, 0.2) is 18.2 Å². The Labute approximate surface area is 81.9 Å². The number of nitrogen functional groups attached to an aromatic ring is 1. The number of ketones is 1. The number of carbonyl (C=O) groups excluding carboxylic acids is 1. The van der Waals surface area contributed by atoms with Gasteiger partial charge in [0.05, 0.1) is 5.56 Å². The first-order valence-corrected chi connectivity index (χ1v) is 4.17. The molecule has 14 heavy (non-hydrogen) atoms. The third-order valence-corrected chi connectivity index (χ3v) is 1.79. The van der Waals surface area contributed by atoms with Crippen molar-refractivity contribution >= 4 is 11.5 Å². The summed E-state index contributed by atoms with van der Waals surface area (Å²) in [6.07, 6.45) is 5.46. The fourth-order valence-corrected chi connectivity index (χ4v) is 1.08. The number of Topliss-reactive ketones (excluding diaryl/α,β-unsaturated/α-hetero) is 1. The highest BCUT2D eigenvalue weighted by molar-refractivity contribution is 5.97. The highest BCUT2D eigenvalue weighted by atomic mass is 19.1. The van der Waals surface area contributed by atoms with Crippen molar-refractivity contribution in [1.29, 1.82) is 0 Å². The molecule has 0 aliphatic heterocycles. The molecule has 0 heterocycles. The molecule has 1 rings (SSSR count). The maximum atomic E-state index is 13.1. The van der Waals surface area contributed by atoms with Crippen molar-refractivity contribution in [2.45, 2.75) is 12.8 Å². The lowest BCUT2D eigenvalue weighted by molar-refractivity contribution is 0.0980. The van der Waals surface area contributed by atoms with Crippen molar-refractivity contribution in [1.82, 2.24) is 0 Å². The summed E-state index contributed by atoms with van der Waals surface area (Å²) >= 11 is 0. The topological polar surface area (TPSA) is 43.1 Å². The van der Waals surface area contributed by atoms with Crippen LogP contribution in [0.3, 0.4) is 0 Å². The molecule has 0 radical (unpaired) electrons. The van der Waals surface area contributed by atoms with E-state index in [0.717, 1.165) is 0 Å². The van der Waals surface area contributed by atoms with Crippen LogP contribution in [0.1, 0.15) is 23.2 Å². The maximum absolute atomic E-state index is 13.1. The van der Waals surface area contributed by atoms with Gasteiger partial charge in [0, 0.05) is 18.5 Å². The van der Waals surface area contributed by atoms with Gasteiger partial charge in [0.2, 0.25) is 0 Å². The summed E-state index contributed by atoms with van der Waals surface area (Å²) in [4.78, 5) is 11.4. The Hall–Kier alpha value is -1.82. The average Bonchev–Trinajstić information content (AvgIpc) is 2.18. The molecule has 0 atom stereocenters. The molecule has 0 fully saturated rings. The van der Waals surface area contributed by atoms with Gasteiger partial charge in [-0.2, -0.15) is 0 Å². The van der Waals surface area contributed by atoms with Gasteiger partial charge in [-0.3, -0.25) is 4.79 Å². The lowest BCUT2D eigenvalue weighted by atomic mass is 10.1. The molecule has 0 spiro atoms. The molecule has 0 bridgehead atoms. The molecular formula is C11H10FNO. The third kappa shape index (κ3) is 2.33. The Morgan fingerprint density at radius 2 is 2.29 bits per heavy atom. The van der Waals surface area contributed by atoms with Crippen molar-refractivity contribution in [3.63, 3.8) is 0 Å². The number of carbonyl (C=O) groups is 1. The number of rotatable bonds is 3. The summed E-state index contributed by atoms with van der Waals surface area (Å²) in [6, 6.07) is 3.92. The van der Waals surface area contributed by atoms with Gasteiger partial charge in [-0.25, -0.2) is 4.39 Å². The van der Waals surface area contributed by atoms with Crippen LogP contribution in [0.25, 0.3) is 0 Å². The number of hydrogen-bond acceptors (Lipinski definition) is 2. The first-order valence-electron chi connectivity index (χ1n) is 4.17. The number of halogens is 1. The van der Waals surface area contributed by atoms with E-state index in [1.807, 2.05) is 0 Å². The molecular weight excluding hydrogens is 181 g/mol. The minimum Gasteiger partial charge on any atom is -0.399 e. The second-order valence-electron chi connectivity index (χ2n) is 2.87. The van der Waals surface area contributed by atoms with Crippen molar-refractivity contribution in [3.8, 4) is 12.3 Å². The molecule has 2 N–H and O–H groups in total. The lowest BCUT2D eigenvalue weighted by Gasteiger charge is -2.01. The summed E-state index contributed by atoms with van der Waals surface area (Å²) in [7, 11) is 0. The van der Waals surface area contributed by atoms with Gasteiger partial charge in [-0.15, -0.1) is 12.3 Å². The van der Waals surface area contributed by atoms with Gasteiger partial charge in [0.15, 0.2) is 5.78 Å². The lowest BCUT2D eigenvalue weighted by Crippen LogP contribution is -2.03. The van der Waals surface area contributed by atoms with Crippen LogP contribution in [0.2, 0.25) is 0 Å². The van der Waals surface area contributed by atoms with Crippen LogP contribution in [0.5, 0.6) is 0 Å². The Morgan fingerprint density at radius 1 is 1.57 bits per heavy atom. The molecule has 2 nitrogen and oxygen atoms in total. The van der Waals surface area contributed by atoms with Gasteiger partial charge in [-0.1, -0.05) is 0 Å².